The Bertz CT molecular complexity index is 914. The molecule has 3 rings (SSSR count). The van der Waals surface area contributed by atoms with Crippen molar-refractivity contribution in [2.24, 2.45) is 0 Å². The smallest absolute Gasteiger partial charge is 0.251 e. The second kappa shape index (κ2) is 7.74. The lowest BCUT2D eigenvalue weighted by molar-refractivity contribution is 0.592. The molecule has 0 fully saturated rings. The SMILES string of the molecule is CCN(c1cccc(C)c1)c1nncc(Nc2ccccc2C(C)(C)C)n1. The molecule has 1 heterocycles. The molecule has 0 amide bonds. The fraction of sp³-hybridized carbons (Fsp3) is 0.318. The molecule has 0 atom stereocenters. The first-order valence-corrected chi connectivity index (χ1v) is 9.29. The van der Waals surface area contributed by atoms with Gasteiger partial charge in [0, 0.05) is 17.9 Å². The highest BCUT2D eigenvalue weighted by molar-refractivity contribution is 5.64. The number of benzene rings is 2. The summed E-state index contributed by atoms with van der Waals surface area (Å²) >= 11 is 0. The molecule has 2 aromatic carbocycles. The molecule has 3 aromatic rings. The van der Waals surface area contributed by atoms with E-state index in [2.05, 4.69) is 91.4 Å². The summed E-state index contributed by atoms with van der Waals surface area (Å²) in [4.78, 5) is 6.77. The van der Waals surface area contributed by atoms with Crippen LogP contribution in [0.2, 0.25) is 0 Å². The molecule has 140 valence electrons. The zero-order chi connectivity index (χ0) is 19.4. The molecular weight excluding hydrogens is 334 g/mol. The van der Waals surface area contributed by atoms with E-state index >= 15 is 0 Å². The number of nitrogens with zero attached hydrogens (tertiary/aromatic N) is 4. The normalized spacial score (nSPS) is 11.3. The number of anilines is 4. The molecule has 1 aromatic heterocycles. The van der Waals surface area contributed by atoms with E-state index < -0.39 is 0 Å². The van der Waals surface area contributed by atoms with Gasteiger partial charge in [-0.05, 0) is 48.6 Å². The summed E-state index contributed by atoms with van der Waals surface area (Å²) in [5.74, 6) is 1.27. The van der Waals surface area contributed by atoms with Crippen LogP contribution in [0.3, 0.4) is 0 Å². The molecule has 1 N–H and O–H groups in total. The number of aryl methyl sites for hydroxylation is 1. The van der Waals surface area contributed by atoms with Crippen LogP contribution in [0.25, 0.3) is 0 Å². The lowest BCUT2D eigenvalue weighted by atomic mass is 9.86. The summed E-state index contributed by atoms with van der Waals surface area (Å²) in [6, 6.07) is 16.6. The van der Waals surface area contributed by atoms with Gasteiger partial charge in [0.05, 0.1) is 6.20 Å². The van der Waals surface area contributed by atoms with Crippen LogP contribution in [0.5, 0.6) is 0 Å². The van der Waals surface area contributed by atoms with Crippen molar-refractivity contribution in [3.05, 3.63) is 65.9 Å². The highest BCUT2D eigenvalue weighted by Gasteiger charge is 2.18. The molecular formula is C22H27N5. The standard InChI is InChI=1S/C22H27N5/c1-6-27(17-11-9-10-16(2)14-17)21-25-20(15-23-26-21)24-19-13-8-7-12-18(19)22(3,4)5/h7-15H,6H2,1-5H3,(H,24,25,26). The minimum atomic E-state index is 0.0316. The third-order valence-electron chi connectivity index (χ3n) is 4.42. The molecule has 0 radical (unpaired) electrons. The van der Waals surface area contributed by atoms with E-state index in [9.17, 15) is 0 Å². The topological polar surface area (TPSA) is 53.9 Å². The summed E-state index contributed by atoms with van der Waals surface area (Å²) in [6.45, 7) is 11.5. The van der Waals surface area contributed by atoms with Crippen LogP contribution in [0, 0.1) is 6.92 Å². The van der Waals surface area contributed by atoms with Gasteiger partial charge in [0.25, 0.3) is 5.95 Å². The van der Waals surface area contributed by atoms with Crippen molar-refractivity contribution in [1.29, 1.82) is 0 Å². The predicted molar refractivity (Wildman–Crippen MR) is 112 cm³/mol. The lowest BCUT2D eigenvalue weighted by Gasteiger charge is -2.24. The first-order valence-electron chi connectivity index (χ1n) is 9.29. The van der Waals surface area contributed by atoms with Gasteiger partial charge < -0.3 is 10.2 Å². The van der Waals surface area contributed by atoms with Gasteiger partial charge in [0.1, 0.15) is 0 Å². The van der Waals surface area contributed by atoms with Gasteiger partial charge in [0.2, 0.25) is 0 Å². The Hall–Kier alpha value is -2.95. The Morgan fingerprint density at radius 1 is 1.04 bits per heavy atom. The van der Waals surface area contributed by atoms with Crippen molar-refractivity contribution in [3.8, 4) is 0 Å². The summed E-state index contributed by atoms with van der Waals surface area (Å²) in [7, 11) is 0. The molecule has 0 saturated heterocycles. The third-order valence-corrected chi connectivity index (χ3v) is 4.42. The Labute approximate surface area is 161 Å². The van der Waals surface area contributed by atoms with Crippen LogP contribution in [-0.2, 0) is 5.41 Å². The van der Waals surface area contributed by atoms with Crippen LogP contribution < -0.4 is 10.2 Å². The van der Waals surface area contributed by atoms with E-state index in [0.29, 0.717) is 11.8 Å². The predicted octanol–water partition coefficient (Wildman–Crippen LogP) is 5.38. The number of hydrogen-bond acceptors (Lipinski definition) is 5. The summed E-state index contributed by atoms with van der Waals surface area (Å²) in [5, 5.41) is 11.8. The van der Waals surface area contributed by atoms with Crippen LogP contribution in [0.1, 0.15) is 38.8 Å². The van der Waals surface area contributed by atoms with Crippen molar-refractivity contribution in [1.82, 2.24) is 15.2 Å². The van der Waals surface area contributed by atoms with Gasteiger partial charge in [-0.2, -0.15) is 10.1 Å². The molecule has 5 heteroatoms. The average Bonchev–Trinajstić information content (AvgIpc) is 2.62. The molecule has 0 bridgehead atoms. The van der Waals surface area contributed by atoms with E-state index in [1.54, 1.807) is 6.20 Å². The monoisotopic (exact) mass is 361 g/mol. The summed E-state index contributed by atoms with van der Waals surface area (Å²) in [5.41, 5.74) is 4.56. The molecule has 0 aliphatic carbocycles. The molecule has 27 heavy (non-hydrogen) atoms. The Kier molecular flexibility index (Phi) is 5.40. The maximum absolute atomic E-state index is 4.71. The molecule has 0 saturated carbocycles. The van der Waals surface area contributed by atoms with Crippen molar-refractivity contribution in [2.75, 3.05) is 16.8 Å². The highest BCUT2D eigenvalue weighted by atomic mass is 15.3. The summed E-state index contributed by atoms with van der Waals surface area (Å²) < 4.78 is 0. The largest absolute Gasteiger partial charge is 0.339 e. The number of rotatable bonds is 5. The first-order chi connectivity index (χ1) is 12.9. The summed E-state index contributed by atoms with van der Waals surface area (Å²) in [6.07, 6.45) is 1.66. The number of nitrogens with one attached hydrogen (secondary N) is 1. The fourth-order valence-corrected chi connectivity index (χ4v) is 3.09. The zero-order valence-corrected chi connectivity index (χ0v) is 16.7. The number of aromatic nitrogens is 3. The maximum Gasteiger partial charge on any atom is 0.251 e. The number of hydrogen-bond donors (Lipinski definition) is 1. The third kappa shape index (κ3) is 4.42. The van der Waals surface area contributed by atoms with Gasteiger partial charge in [-0.3, -0.25) is 0 Å². The van der Waals surface area contributed by atoms with Crippen LogP contribution in [0.4, 0.5) is 23.1 Å². The first kappa shape index (κ1) is 18.8. The second-order valence-corrected chi connectivity index (χ2v) is 7.65. The van der Waals surface area contributed by atoms with Gasteiger partial charge in [0.15, 0.2) is 5.82 Å². The Balaban J connectivity index is 1.93. The lowest BCUT2D eigenvalue weighted by Crippen LogP contribution is -2.20. The highest BCUT2D eigenvalue weighted by Crippen LogP contribution is 2.31. The van der Waals surface area contributed by atoms with Crippen LogP contribution in [-0.4, -0.2) is 21.7 Å². The maximum atomic E-state index is 4.71. The quantitative estimate of drug-likeness (QED) is 0.661. The van der Waals surface area contributed by atoms with Crippen LogP contribution in [0.15, 0.2) is 54.7 Å². The van der Waals surface area contributed by atoms with E-state index in [1.165, 1.54) is 11.1 Å². The average molecular weight is 361 g/mol. The minimum Gasteiger partial charge on any atom is -0.339 e. The minimum absolute atomic E-state index is 0.0316. The molecule has 0 aliphatic heterocycles. The second-order valence-electron chi connectivity index (χ2n) is 7.65. The molecule has 0 unspecified atom stereocenters. The van der Waals surface area contributed by atoms with Crippen LogP contribution >= 0.6 is 0 Å². The zero-order valence-electron chi connectivity index (χ0n) is 16.7. The Morgan fingerprint density at radius 2 is 1.81 bits per heavy atom. The fourth-order valence-electron chi connectivity index (χ4n) is 3.09. The van der Waals surface area contributed by atoms with Crippen molar-refractivity contribution in [3.63, 3.8) is 0 Å². The number of para-hydroxylation sites is 1. The van der Waals surface area contributed by atoms with Crippen molar-refractivity contribution in [2.45, 2.75) is 40.0 Å². The molecule has 0 spiro atoms. The van der Waals surface area contributed by atoms with E-state index in [1.807, 2.05) is 12.1 Å². The van der Waals surface area contributed by atoms with Crippen molar-refractivity contribution >= 4 is 23.1 Å². The Morgan fingerprint density at radius 3 is 2.52 bits per heavy atom. The van der Waals surface area contributed by atoms with Gasteiger partial charge >= 0.3 is 0 Å². The molecule has 0 aliphatic rings. The van der Waals surface area contributed by atoms with E-state index in [0.717, 1.165) is 17.9 Å². The van der Waals surface area contributed by atoms with Crippen molar-refractivity contribution < 1.29 is 0 Å². The van der Waals surface area contributed by atoms with E-state index in [-0.39, 0.29) is 5.41 Å². The molecule has 5 nitrogen and oxygen atoms in total. The van der Waals surface area contributed by atoms with Gasteiger partial charge in [-0.1, -0.05) is 51.1 Å². The van der Waals surface area contributed by atoms with E-state index in [4.69, 9.17) is 4.98 Å². The van der Waals surface area contributed by atoms with Gasteiger partial charge in [-0.15, -0.1) is 5.10 Å². The van der Waals surface area contributed by atoms with Gasteiger partial charge in [-0.25, -0.2) is 0 Å².